The van der Waals surface area contributed by atoms with Gasteiger partial charge in [-0.15, -0.1) is 0 Å². The topological polar surface area (TPSA) is 73.1 Å². The third kappa shape index (κ3) is 5.06. The van der Waals surface area contributed by atoms with Crippen LogP contribution in [-0.2, 0) is 4.79 Å². The van der Waals surface area contributed by atoms with Crippen LogP contribution in [0.15, 0.2) is 0 Å². The van der Waals surface area contributed by atoms with E-state index in [0.29, 0.717) is 19.3 Å². The fourth-order valence-corrected chi connectivity index (χ4v) is 0.546. The molecule has 0 aliphatic carbocycles. The maximum atomic E-state index is 10.3. The number of nitrogens with zero attached hydrogens (tertiary/aromatic N) is 1. The Morgan fingerprint density at radius 1 is 1.60 bits per heavy atom. The lowest BCUT2D eigenvalue weighted by molar-refractivity contribution is -0.129. The molecule has 10 heavy (non-hydrogen) atoms. The van der Waals surface area contributed by atoms with E-state index in [0.717, 1.165) is 0 Å². The fraction of sp³-hybridized carbons (Fsp3) is 0.667. The molecule has 0 spiro atoms. The summed E-state index contributed by atoms with van der Waals surface area (Å²) in [6.07, 6.45) is 2.13. The zero-order chi connectivity index (χ0) is 7.82. The van der Waals surface area contributed by atoms with Crippen molar-refractivity contribution in [2.75, 3.05) is 0 Å². The van der Waals surface area contributed by atoms with Crippen molar-refractivity contribution in [2.24, 2.45) is 0 Å². The van der Waals surface area contributed by atoms with Gasteiger partial charge in [0.2, 0.25) is 5.91 Å². The van der Waals surface area contributed by atoms with Crippen molar-refractivity contribution in [1.29, 1.82) is 5.26 Å². The maximum absolute atomic E-state index is 10.3. The van der Waals surface area contributed by atoms with Crippen molar-refractivity contribution in [1.82, 2.24) is 5.48 Å². The highest BCUT2D eigenvalue weighted by Crippen LogP contribution is 1.97. The number of carbonyl (C=O) groups is 1. The van der Waals surface area contributed by atoms with Crippen molar-refractivity contribution in [2.45, 2.75) is 25.7 Å². The summed E-state index contributed by atoms with van der Waals surface area (Å²) >= 11 is 0. The van der Waals surface area contributed by atoms with E-state index in [4.69, 9.17) is 10.5 Å². The lowest BCUT2D eigenvalue weighted by atomic mass is 10.2. The Bertz CT molecular complexity index is 139. The maximum Gasteiger partial charge on any atom is 0.243 e. The average molecular weight is 142 g/mol. The Morgan fingerprint density at radius 3 is 2.80 bits per heavy atom. The van der Waals surface area contributed by atoms with Crippen molar-refractivity contribution >= 4 is 5.91 Å². The standard InChI is InChI=1S/C6H10N2O2/c7-5-3-1-2-4-6(9)8-10/h10H,1-4H2,(H,8,9). The predicted molar refractivity (Wildman–Crippen MR) is 34.0 cm³/mol. The van der Waals surface area contributed by atoms with Crippen LogP contribution in [0, 0.1) is 11.3 Å². The molecule has 2 N–H and O–H groups in total. The molecular formula is C6H10N2O2. The first-order valence-electron chi connectivity index (χ1n) is 3.11. The lowest BCUT2D eigenvalue weighted by Crippen LogP contribution is -2.17. The van der Waals surface area contributed by atoms with Crippen molar-refractivity contribution < 1.29 is 10.0 Å². The normalized spacial score (nSPS) is 8.40. The molecule has 0 bridgehead atoms. The van der Waals surface area contributed by atoms with E-state index in [1.807, 2.05) is 6.07 Å². The van der Waals surface area contributed by atoms with Gasteiger partial charge in [-0.05, 0) is 12.8 Å². The fourth-order valence-electron chi connectivity index (χ4n) is 0.546. The van der Waals surface area contributed by atoms with E-state index in [1.54, 1.807) is 0 Å². The molecule has 0 saturated carbocycles. The monoisotopic (exact) mass is 142 g/mol. The molecule has 0 fully saturated rings. The molecule has 0 saturated heterocycles. The van der Waals surface area contributed by atoms with E-state index in [-0.39, 0.29) is 6.42 Å². The number of nitrogens with one attached hydrogen (secondary N) is 1. The molecule has 0 aromatic heterocycles. The minimum atomic E-state index is -0.391. The molecule has 0 aromatic carbocycles. The molecule has 1 amide bonds. The van der Waals surface area contributed by atoms with Gasteiger partial charge in [-0.3, -0.25) is 10.0 Å². The molecule has 0 heterocycles. The van der Waals surface area contributed by atoms with Crippen LogP contribution in [0.2, 0.25) is 0 Å². The van der Waals surface area contributed by atoms with Crippen LogP contribution in [0.1, 0.15) is 25.7 Å². The molecule has 0 unspecified atom stereocenters. The van der Waals surface area contributed by atoms with Gasteiger partial charge in [-0.2, -0.15) is 5.26 Å². The Hall–Kier alpha value is -1.08. The number of hydroxylamine groups is 1. The van der Waals surface area contributed by atoms with Crippen LogP contribution < -0.4 is 5.48 Å². The first-order valence-corrected chi connectivity index (χ1v) is 3.11. The van der Waals surface area contributed by atoms with E-state index >= 15 is 0 Å². The summed E-state index contributed by atoms with van der Waals surface area (Å²) in [5, 5.41) is 16.1. The molecule has 0 radical (unpaired) electrons. The summed E-state index contributed by atoms with van der Waals surface area (Å²) < 4.78 is 0. The third-order valence-electron chi connectivity index (χ3n) is 1.07. The molecule has 0 rings (SSSR count). The number of unbranched alkanes of at least 4 members (excludes halogenated alkanes) is 2. The van der Waals surface area contributed by atoms with Crippen LogP contribution in [0.5, 0.6) is 0 Å². The van der Waals surface area contributed by atoms with Crippen LogP contribution in [-0.4, -0.2) is 11.1 Å². The van der Waals surface area contributed by atoms with Gasteiger partial charge < -0.3 is 0 Å². The summed E-state index contributed by atoms with van der Waals surface area (Å²) in [5.74, 6) is -0.391. The van der Waals surface area contributed by atoms with Crippen LogP contribution in [0.4, 0.5) is 0 Å². The lowest BCUT2D eigenvalue weighted by Gasteiger charge is -1.94. The van der Waals surface area contributed by atoms with Gasteiger partial charge in [-0.25, -0.2) is 5.48 Å². The Balaban J connectivity index is 3.05. The molecule has 0 aliphatic rings. The number of hydrogen-bond donors (Lipinski definition) is 2. The molecule has 0 aromatic rings. The first-order chi connectivity index (χ1) is 4.81. The van der Waals surface area contributed by atoms with Crippen molar-refractivity contribution in [3.8, 4) is 6.07 Å². The van der Waals surface area contributed by atoms with E-state index < -0.39 is 5.91 Å². The van der Waals surface area contributed by atoms with Gasteiger partial charge in [0.25, 0.3) is 0 Å². The minimum absolute atomic E-state index is 0.290. The Labute approximate surface area is 59.4 Å². The number of amides is 1. The van der Waals surface area contributed by atoms with Gasteiger partial charge >= 0.3 is 0 Å². The summed E-state index contributed by atoms with van der Waals surface area (Å²) in [5.41, 5.74) is 1.52. The summed E-state index contributed by atoms with van der Waals surface area (Å²) in [6.45, 7) is 0. The van der Waals surface area contributed by atoms with Crippen molar-refractivity contribution in [3.05, 3.63) is 0 Å². The first kappa shape index (κ1) is 8.92. The second kappa shape index (κ2) is 6.05. The van der Waals surface area contributed by atoms with Gasteiger partial charge in [0, 0.05) is 12.8 Å². The van der Waals surface area contributed by atoms with Gasteiger partial charge in [0.05, 0.1) is 6.07 Å². The Kier molecular flexibility index (Phi) is 5.39. The number of carbonyl (C=O) groups excluding carboxylic acids is 1. The van der Waals surface area contributed by atoms with E-state index in [1.165, 1.54) is 5.48 Å². The van der Waals surface area contributed by atoms with E-state index in [9.17, 15) is 4.79 Å². The summed E-state index contributed by atoms with van der Waals surface area (Å²) in [4.78, 5) is 10.3. The molecule has 0 atom stereocenters. The minimum Gasteiger partial charge on any atom is -0.289 e. The molecule has 4 heteroatoms. The average Bonchev–Trinajstić information content (AvgIpc) is 1.98. The van der Waals surface area contributed by atoms with Gasteiger partial charge in [0.1, 0.15) is 0 Å². The van der Waals surface area contributed by atoms with E-state index in [2.05, 4.69) is 0 Å². The highest BCUT2D eigenvalue weighted by Gasteiger charge is 1.96. The SMILES string of the molecule is N#CCCCCC(=O)NO. The van der Waals surface area contributed by atoms with Gasteiger partial charge in [-0.1, -0.05) is 0 Å². The largest absolute Gasteiger partial charge is 0.289 e. The van der Waals surface area contributed by atoms with Crippen LogP contribution in [0.25, 0.3) is 0 Å². The smallest absolute Gasteiger partial charge is 0.243 e. The van der Waals surface area contributed by atoms with Crippen LogP contribution in [0.3, 0.4) is 0 Å². The predicted octanol–water partition coefficient (Wildman–Crippen LogP) is 0.576. The second-order valence-electron chi connectivity index (χ2n) is 1.90. The number of hydrogen-bond acceptors (Lipinski definition) is 3. The Morgan fingerprint density at radius 2 is 2.30 bits per heavy atom. The molecule has 4 nitrogen and oxygen atoms in total. The second-order valence-corrected chi connectivity index (χ2v) is 1.90. The number of rotatable bonds is 4. The zero-order valence-electron chi connectivity index (χ0n) is 5.63. The number of nitriles is 1. The molecular weight excluding hydrogens is 132 g/mol. The van der Waals surface area contributed by atoms with Crippen molar-refractivity contribution in [3.63, 3.8) is 0 Å². The highest BCUT2D eigenvalue weighted by atomic mass is 16.5. The highest BCUT2D eigenvalue weighted by molar-refractivity contribution is 5.74. The summed E-state index contributed by atoms with van der Waals surface area (Å²) in [6, 6.07) is 1.97. The van der Waals surface area contributed by atoms with Gasteiger partial charge in [0.15, 0.2) is 0 Å². The molecule has 56 valence electrons. The zero-order valence-corrected chi connectivity index (χ0v) is 5.63. The third-order valence-corrected chi connectivity index (χ3v) is 1.07. The molecule has 0 aliphatic heterocycles. The van der Waals surface area contributed by atoms with Crippen LogP contribution >= 0.6 is 0 Å². The quantitative estimate of drug-likeness (QED) is 0.342. The summed E-state index contributed by atoms with van der Waals surface area (Å²) in [7, 11) is 0.